The molecule has 0 fully saturated rings. The first kappa shape index (κ1) is 16.8. The van der Waals surface area contributed by atoms with Crippen LogP contribution in [-0.2, 0) is 19.6 Å². The third-order valence-electron chi connectivity index (χ3n) is 5.13. The third-order valence-corrected chi connectivity index (χ3v) is 5.13. The molecule has 1 atom stereocenters. The van der Waals surface area contributed by atoms with E-state index in [1.54, 1.807) is 7.11 Å². The number of pyridine rings is 1. The van der Waals surface area contributed by atoms with Crippen molar-refractivity contribution < 1.29 is 4.74 Å². The SMILES string of the molecule is COc1ccccc1[C@@H]1Cn2c(C)cnc2CN1Cc1ccc(C)nc1. The summed E-state index contributed by atoms with van der Waals surface area (Å²) in [5.74, 6) is 2.06. The van der Waals surface area contributed by atoms with Crippen LogP contribution < -0.4 is 4.74 Å². The number of fused-ring (bicyclic) bond motifs is 1. The molecule has 5 nitrogen and oxygen atoms in total. The van der Waals surface area contributed by atoms with Crippen LogP contribution in [0.5, 0.6) is 5.75 Å². The predicted molar refractivity (Wildman–Crippen MR) is 101 cm³/mol. The Balaban J connectivity index is 1.72. The number of aryl methyl sites for hydroxylation is 2. The fraction of sp³-hybridized carbons (Fsp3) is 0.333. The van der Waals surface area contributed by atoms with Gasteiger partial charge in [0, 0.05) is 42.4 Å². The first-order valence-electron chi connectivity index (χ1n) is 8.95. The quantitative estimate of drug-likeness (QED) is 0.722. The van der Waals surface area contributed by atoms with Gasteiger partial charge in [0.15, 0.2) is 0 Å². The Kier molecular flexibility index (Phi) is 4.47. The number of methoxy groups -OCH3 is 1. The van der Waals surface area contributed by atoms with E-state index in [0.717, 1.165) is 36.9 Å². The van der Waals surface area contributed by atoms with Crippen LogP contribution in [-0.4, -0.2) is 26.5 Å². The molecule has 0 saturated heterocycles. The van der Waals surface area contributed by atoms with Crippen molar-refractivity contribution in [2.24, 2.45) is 0 Å². The molecular formula is C21H24N4O. The lowest BCUT2D eigenvalue weighted by Gasteiger charge is -2.37. The summed E-state index contributed by atoms with van der Waals surface area (Å²) in [7, 11) is 1.74. The van der Waals surface area contributed by atoms with Crippen molar-refractivity contribution in [1.82, 2.24) is 19.4 Å². The van der Waals surface area contributed by atoms with Crippen molar-refractivity contribution in [3.63, 3.8) is 0 Å². The summed E-state index contributed by atoms with van der Waals surface area (Å²) in [6.07, 6.45) is 3.94. The molecule has 134 valence electrons. The highest BCUT2D eigenvalue weighted by atomic mass is 16.5. The zero-order valence-electron chi connectivity index (χ0n) is 15.5. The number of aromatic nitrogens is 3. The Morgan fingerprint density at radius 3 is 2.69 bits per heavy atom. The van der Waals surface area contributed by atoms with E-state index in [0.29, 0.717) is 0 Å². The maximum atomic E-state index is 5.65. The minimum Gasteiger partial charge on any atom is -0.496 e. The Morgan fingerprint density at radius 1 is 1.08 bits per heavy atom. The van der Waals surface area contributed by atoms with Crippen molar-refractivity contribution >= 4 is 0 Å². The van der Waals surface area contributed by atoms with Crippen LogP contribution in [0.25, 0.3) is 0 Å². The predicted octanol–water partition coefficient (Wildman–Crippen LogP) is 3.66. The highest BCUT2D eigenvalue weighted by molar-refractivity contribution is 5.36. The van der Waals surface area contributed by atoms with Crippen LogP contribution in [0.1, 0.15) is 34.4 Å². The van der Waals surface area contributed by atoms with Gasteiger partial charge in [-0.1, -0.05) is 24.3 Å². The Morgan fingerprint density at radius 2 is 1.92 bits per heavy atom. The molecule has 5 heteroatoms. The normalized spacial score (nSPS) is 17.1. The molecule has 1 aliphatic rings. The molecule has 3 aromatic rings. The minimum absolute atomic E-state index is 0.229. The molecule has 26 heavy (non-hydrogen) atoms. The molecule has 0 bridgehead atoms. The molecule has 0 radical (unpaired) electrons. The Labute approximate surface area is 154 Å². The summed E-state index contributed by atoms with van der Waals surface area (Å²) in [6, 6.07) is 12.8. The van der Waals surface area contributed by atoms with Gasteiger partial charge in [0.05, 0.1) is 19.7 Å². The number of rotatable bonds is 4. The minimum atomic E-state index is 0.229. The number of hydrogen-bond donors (Lipinski definition) is 0. The van der Waals surface area contributed by atoms with Gasteiger partial charge in [0.2, 0.25) is 0 Å². The standard InChI is InChI=1S/C21H24N4O/c1-15-8-9-17(11-22-15)12-24-14-21-23-10-16(2)25(21)13-19(24)18-6-4-5-7-20(18)26-3/h4-11,19H,12-14H2,1-3H3/t19-/m0/s1. The van der Waals surface area contributed by atoms with Crippen molar-refractivity contribution in [3.8, 4) is 5.75 Å². The zero-order valence-corrected chi connectivity index (χ0v) is 15.5. The van der Waals surface area contributed by atoms with E-state index >= 15 is 0 Å². The van der Waals surface area contributed by atoms with Crippen LogP contribution >= 0.6 is 0 Å². The van der Waals surface area contributed by atoms with E-state index in [1.165, 1.54) is 16.8 Å². The molecule has 0 aliphatic carbocycles. The second-order valence-corrected chi connectivity index (χ2v) is 6.90. The summed E-state index contributed by atoms with van der Waals surface area (Å²) in [6.45, 7) is 6.66. The summed E-state index contributed by atoms with van der Waals surface area (Å²) in [5.41, 5.74) is 4.68. The first-order valence-corrected chi connectivity index (χ1v) is 8.95. The molecule has 0 amide bonds. The summed E-state index contributed by atoms with van der Waals surface area (Å²) in [4.78, 5) is 11.5. The molecule has 0 unspecified atom stereocenters. The topological polar surface area (TPSA) is 43.2 Å². The maximum Gasteiger partial charge on any atom is 0.123 e. The average molecular weight is 348 g/mol. The smallest absolute Gasteiger partial charge is 0.123 e. The second-order valence-electron chi connectivity index (χ2n) is 6.90. The van der Waals surface area contributed by atoms with E-state index in [-0.39, 0.29) is 6.04 Å². The van der Waals surface area contributed by atoms with Gasteiger partial charge >= 0.3 is 0 Å². The number of para-hydroxylation sites is 1. The van der Waals surface area contributed by atoms with Gasteiger partial charge < -0.3 is 9.30 Å². The molecule has 3 heterocycles. The molecule has 1 aliphatic heterocycles. The van der Waals surface area contributed by atoms with Crippen molar-refractivity contribution in [3.05, 3.63) is 77.1 Å². The van der Waals surface area contributed by atoms with E-state index in [4.69, 9.17) is 4.74 Å². The second kappa shape index (κ2) is 6.92. The number of ether oxygens (including phenoxy) is 1. The van der Waals surface area contributed by atoms with Crippen molar-refractivity contribution in [2.45, 2.75) is 39.5 Å². The fourth-order valence-electron chi connectivity index (χ4n) is 3.70. The number of benzene rings is 1. The van der Waals surface area contributed by atoms with Gasteiger partial charge in [0.1, 0.15) is 11.6 Å². The zero-order chi connectivity index (χ0) is 18.1. The van der Waals surface area contributed by atoms with Gasteiger partial charge in [-0.2, -0.15) is 0 Å². The maximum absolute atomic E-state index is 5.65. The molecule has 0 saturated carbocycles. The molecule has 2 aromatic heterocycles. The van der Waals surface area contributed by atoms with E-state index in [2.05, 4.69) is 50.6 Å². The fourth-order valence-corrected chi connectivity index (χ4v) is 3.70. The first-order chi connectivity index (χ1) is 12.7. The lowest BCUT2D eigenvalue weighted by atomic mass is 10.0. The van der Waals surface area contributed by atoms with Crippen LogP contribution in [0.3, 0.4) is 0 Å². The van der Waals surface area contributed by atoms with Gasteiger partial charge in [-0.3, -0.25) is 9.88 Å². The number of nitrogens with zero attached hydrogens (tertiary/aromatic N) is 4. The Bertz CT molecular complexity index is 901. The van der Waals surface area contributed by atoms with Crippen molar-refractivity contribution in [1.29, 1.82) is 0 Å². The number of imidazole rings is 1. The third kappa shape index (κ3) is 3.10. The van der Waals surface area contributed by atoms with E-state index in [9.17, 15) is 0 Å². The van der Waals surface area contributed by atoms with E-state index in [1.807, 2.05) is 31.5 Å². The van der Waals surface area contributed by atoms with Gasteiger partial charge in [-0.15, -0.1) is 0 Å². The van der Waals surface area contributed by atoms with Crippen LogP contribution in [0, 0.1) is 13.8 Å². The van der Waals surface area contributed by atoms with Gasteiger partial charge in [-0.25, -0.2) is 4.98 Å². The molecular weight excluding hydrogens is 324 g/mol. The van der Waals surface area contributed by atoms with Gasteiger partial charge in [-0.05, 0) is 31.5 Å². The molecule has 0 N–H and O–H groups in total. The van der Waals surface area contributed by atoms with Crippen LogP contribution in [0.2, 0.25) is 0 Å². The summed E-state index contributed by atoms with van der Waals surface area (Å²) >= 11 is 0. The van der Waals surface area contributed by atoms with Crippen LogP contribution in [0.4, 0.5) is 0 Å². The van der Waals surface area contributed by atoms with E-state index < -0.39 is 0 Å². The highest BCUT2D eigenvalue weighted by Gasteiger charge is 2.30. The lowest BCUT2D eigenvalue weighted by Crippen LogP contribution is -2.37. The van der Waals surface area contributed by atoms with Crippen molar-refractivity contribution in [2.75, 3.05) is 7.11 Å². The lowest BCUT2D eigenvalue weighted by molar-refractivity contribution is 0.125. The highest BCUT2D eigenvalue weighted by Crippen LogP contribution is 2.35. The summed E-state index contributed by atoms with van der Waals surface area (Å²) in [5, 5.41) is 0. The summed E-state index contributed by atoms with van der Waals surface area (Å²) < 4.78 is 7.97. The largest absolute Gasteiger partial charge is 0.496 e. The molecule has 0 spiro atoms. The Hall–Kier alpha value is -2.66. The average Bonchev–Trinajstić information content (AvgIpc) is 3.03. The molecule has 1 aromatic carbocycles. The molecule has 4 rings (SSSR count). The number of hydrogen-bond acceptors (Lipinski definition) is 4. The monoisotopic (exact) mass is 348 g/mol. The van der Waals surface area contributed by atoms with Gasteiger partial charge in [0.25, 0.3) is 0 Å². The van der Waals surface area contributed by atoms with Crippen LogP contribution in [0.15, 0.2) is 48.8 Å².